The van der Waals surface area contributed by atoms with Crippen molar-refractivity contribution in [2.24, 2.45) is 5.73 Å². The number of nitriles is 1. The Balaban J connectivity index is 1.61. The van der Waals surface area contributed by atoms with Gasteiger partial charge in [0.05, 0.1) is 23.9 Å². The highest BCUT2D eigenvalue weighted by atomic mass is 16.2. The minimum absolute atomic E-state index is 0.0303. The first kappa shape index (κ1) is 27.4. The summed E-state index contributed by atoms with van der Waals surface area (Å²) in [5, 5.41) is 17.6. The first-order valence-corrected chi connectivity index (χ1v) is 13.1. The maximum absolute atomic E-state index is 13.9. The van der Waals surface area contributed by atoms with Crippen molar-refractivity contribution < 1.29 is 9.59 Å². The second-order valence-corrected chi connectivity index (χ2v) is 9.71. The van der Waals surface area contributed by atoms with Gasteiger partial charge >= 0.3 is 0 Å². The molecule has 0 saturated carbocycles. The number of nitrogens with two attached hydrogens (primary N) is 1. The molecule has 39 heavy (non-hydrogen) atoms. The van der Waals surface area contributed by atoms with Gasteiger partial charge in [-0.15, -0.1) is 0 Å². The zero-order valence-corrected chi connectivity index (χ0v) is 22.4. The van der Waals surface area contributed by atoms with Gasteiger partial charge in [-0.1, -0.05) is 66.8 Å². The van der Waals surface area contributed by atoms with Gasteiger partial charge in [-0.25, -0.2) is 0 Å². The van der Waals surface area contributed by atoms with E-state index in [2.05, 4.69) is 11.4 Å². The van der Waals surface area contributed by atoms with E-state index in [1.165, 1.54) is 0 Å². The molecule has 0 radical (unpaired) electrons. The third kappa shape index (κ3) is 5.93. The van der Waals surface area contributed by atoms with Crippen LogP contribution in [0, 0.1) is 11.3 Å². The molecule has 0 bridgehead atoms. The van der Waals surface area contributed by atoms with Crippen molar-refractivity contribution in [2.75, 3.05) is 18.4 Å². The van der Waals surface area contributed by atoms with Crippen LogP contribution in [0.1, 0.15) is 54.9 Å². The third-order valence-electron chi connectivity index (χ3n) is 7.32. The van der Waals surface area contributed by atoms with Gasteiger partial charge in [-0.05, 0) is 50.0 Å². The number of hydrogen-bond donors (Lipinski definition) is 2. The number of benzene rings is 2. The van der Waals surface area contributed by atoms with Gasteiger partial charge in [-0.3, -0.25) is 14.3 Å². The zero-order valence-electron chi connectivity index (χ0n) is 22.4. The van der Waals surface area contributed by atoms with E-state index in [0.29, 0.717) is 31.7 Å². The maximum Gasteiger partial charge on any atom is 0.254 e. The summed E-state index contributed by atoms with van der Waals surface area (Å²) in [5.41, 5.74) is 7.93. The van der Waals surface area contributed by atoms with Crippen LogP contribution in [0.2, 0.25) is 0 Å². The number of allylic oxidation sites excluding steroid dienone is 3. The van der Waals surface area contributed by atoms with E-state index in [-0.39, 0.29) is 17.9 Å². The predicted molar refractivity (Wildman–Crippen MR) is 152 cm³/mol. The monoisotopic (exact) mass is 522 g/mol. The van der Waals surface area contributed by atoms with Gasteiger partial charge in [0.2, 0.25) is 5.91 Å². The van der Waals surface area contributed by atoms with E-state index in [0.717, 1.165) is 16.8 Å². The topological polar surface area (TPSA) is 117 Å². The van der Waals surface area contributed by atoms with Crippen molar-refractivity contribution in [3.8, 4) is 6.07 Å². The fourth-order valence-corrected chi connectivity index (χ4v) is 5.18. The van der Waals surface area contributed by atoms with Gasteiger partial charge in [-0.2, -0.15) is 10.4 Å². The SMILES string of the molecule is C/C=C\C(=C/C)C(C(=O)N1CCC(CC#N)(n2cc(C(N)=O)c(Nc3ccccc3)n2)CC1)c1ccccc1. The van der Waals surface area contributed by atoms with Gasteiger partial charge in [0.15, 0.2) is 5.82 Å². The molecular formula is C31H34N6O2. The molecule has 1 saturated heterocycles. The van der Waals surface area contributed by atoms with Crippen molar-refractivity contribution in [1.82, 2.24) is 14.7 Å². The number of nitrogens with one attached hydrogen (secondary N) is 1. The van der Waals surface area contributed by atoms with Crippen molar-refractivity contribution in [1.29, 1.82) is 5.26 Å². The molecule has 8 nitrogen and oxygen atoms in total. The number of para-hydroxylation sites is 1. The number of hydrogen-bond acceptors (Lipinski definition) is 5. The van der Waals surface area contributed by atoms with Crippen LogP contribution in [0.3, 0.4) is 0 Å². The Bertz CT molecular complexity index is 1390. The summed E-state index contributed by atoms with van der Waals surface area (Å²) in [5.74, 6) is -0.642. The van der Waals surface area contributed by atoms with Crippen LogP contribution in [0.25, 0.3) is 0 Å². The third-order valence-corrected chi connectivity index (χ3v) is 7.32. The highest BCUT2D eigenvalue weighted by molar-refractivity contribution is 5.98. The lowest BCUT2D eigenvalue weighted by Gasteiger charge is -2.41. The van der Waals surface area contributed by atoms with Crippen LogP contribution in [-0.2, 0) is 10.3 Å². The van der Waals surface area contributed by atoms with Gasteiger partial charge in [0.25, 0.3) is 5.91 Å². The quantitative estimate of drug-likeness (QED) is 0.372. The molecule has 1 atom stereocenters. The van der Waals surface area contributed by atoms with Gasteiger partial charge in [0.1, 0.15) is 5.56 Å². The molecular weight excluding hydrogens is 488 g/mol. The van der Waals surface area contributed by atoms with E-state index in [4.69, 9.17) is 10.8 Å². The number of amides is 2. The van der Waals surface area contributed by atoms with Crippen LogP contribution < -0.4 is 11.1 Å². The maximum atomic E-state index is 13.9. The molecule has 3 aromatic rings. The Hall–Kier alpha value is -4.64. The molecule has 1 fully saturated rings. The van der Waals surface area contributed by atoms with Crippen molar-refractivity contribution >= 4 is 23.3 Å². The van der Waals surface area contributed by atoms with E-state index < -0.39 is 17.4 Å². The number of likely N-dealkylation sites (tertiary alicyclic amines) is 1. The molecule has 3 N–H and O–H groups in total. The van der Waals surface area contributed by atoms with E-state index in [1.54, 1.807) is 10.9 Å². The standard InChI is InChI=1S/C31H34N6O2/c1-3-11-23(4-2)27(24-12-7-5-8-13-24)30(39)36-20-17-31(16-19-32,18-21-36)37-22-26(28(33)38)29(35-37)34-25-14-9-6-10-15-25/h3-15,22,27H,16-18,20-21H2,1-2H3,(H2,33,38)(H,34,35)/b11-3-,23-4+. The molecule has 0 spiro atoms. The summed E-state index contributed by atoms with van der Waals surface area (Å²) >= 11 is 0. The first-order valence-electron chi connectivity index (χ1n) is 13.1. The molecule has 2 heterocycles. The zero-order chi connectivity index (χ0) is 27.8. The van der Waals surface area contributed by atoms with Crippen LogP contribution in [-0.4, -0.2) is 39.6 Å². The number of piperidine rings is 1. The molecule has 0 aliphatic carbocycles. The van der Waals surface area contributed by atoms with E-state index in [1.807, 2.05) is 97.6 Å². The summed E-state index contributed by atoms with van der Waals surface area (Å²) in [6.45, 7) is 4.81. The molecule has 4 rings (SSSR count). The average Bonchev–Trinajstić information content (AvgIpc) is 3.39. The molecule has 1 aromatic heterocycles. The van der Waals surface area contributed by atoms with Crippen molar-refractivity contribution in [3.63, 3.8) is 0 Å². The lowest BCUT2D eigenvalue weighted by atomic mass is 9.83. The highest BCUT2D eigenvalue weighted by Crippen LogP contribution is 2.37. The number of rotatable bonds is 9. The Morgan fingerprint density at radius 1 is 1.10 bits per heavy atom. The second kappa shape index (κ2) is 12.3. The van der Waals surface area contributed by atoms with Crippen LogP contribution in [0.5, 0.6) is 0 Å². The summed E-state index contributed by atoms with van der Waals surface area (Å²) < 4.78 is 1.70. The fourth-order valence-electron chi connectivity index (χ4n) is 5.18. The first-order chi connectivity index (χ1) is 18.9. The summed E-state index contributed by atoms with van der Waals surface area (Å²) in [6, 6.07) is 21.5. The summed E-state index contributed by atoms with van der Waals surface area (Å²) in [7, 11) is 0. The molecule has 8 heteroatoms. The van der Waals surface area contributed by atoms with Crippen molar-refractivity contribution in [3.05, 3.63) is 102 Å². The summed E-state index contributed by atoms with van der Waals surface area (Å²) in [6.07, 6.45) is 8.77. The average molecular weight is 523 g/mol. The van der Waals surface area contributed by atoms with E-state index >= 15 is 0 Å². The van der Waals surface area contributed by atoms with Crippen LogP contribution in [0.4, 0.5) is 11.5 Å². The highest BCUT2D eigenvalue weighted by Gasteiger charge is 2.41. The Kier molecular flexibility index (Phi) is 8.62. The number of primary amides is 1. The molecule has 2 aromatic carbocycles. The number of carbonyl (C=O) groups is 2. The van der Waals surface area contributed by atoms with E-state index in [9.17, 15) is 14.9 Å². The fraction of sp³-hybridized carbons (Fsp3) is 0.290. The van der Waals surface area contributed by atoms with Gasteiger partial charge < -0.3 is 16.0 Å². The Morgan fingerprint density at radius 3 is 2.31 bits per heavy atom. The van der Waals surface area contributed by atoms with Gasteiger partial charge in [0, 0.05) is 25.0 Å². The number of nitrogens with zero attached hydrogens (tertiary/aromatic N) is 4. The molecule has 1 aliphatic rings. The number of aromatic nitrogens is 2. The Labute approximate surface area is 229 Å². The summed E-state index contributed by atoms with van der Waals surface area (Å²) in [4.78, 5) is 28.1. The van der Waals surface area contributed by atoms with Crippen LogP contribution in [0.15, 0.2) is 90.7 Å². The largest absolute Gasteiger partial charge is 0.365 e. The lowest BCUT2D eigenvalue weighted by molar-refractivity contribution is -0.134. The normalized spacial score (nSPS) is 16.0. The predicted octanol–water partition coefficient (Wildman–Crippen LogP) is 5.26. The molecule has 1 aliphatic heterocycles. The second-order valence-electron chi connectivity index (χ2n) is 9.71. The number of anilines is 2. The molecule has 200 valence electrons. The minimum atomic E-state index is -0.665. The smallest absolute Gasteiger partial charge is 0.254 e. The lowest BCUT2D eigenvalue weighted by Crippen LogP contribution is -2.49. The van der Waals surface area contributed by atoms with Crippen molar-refractivity contribution in [2.45, 2.75) is 44.6 Å². The van der Waals surface area contributed by atoms with Crippen LogP contribution >= 0.6 is 0 Å². The Morgan fingerprint density at radius 2 is 1.74 bits per heavy atom. The number of carbonyl (C=O) groups excluding carboxylic acids is 2. The molecule has 1 unspecified atom stereocenters. The molecule has 2 amide bonds. The minimum Gasteiger partial charge on any atom is -0.365 e.